The number of aromatic amines is 1. The van der Waals surface area contributed by atoms with Crippen LogP contribution in [-0.2, 0) is 6.54 Å². The lowest BCUT2D eigenvalue weighted by Gasteiger charge is -2.11. The molecule has 0 radical (unpaired) electrons. The van der Waals surface area contributed by atoms with Gasteiger partial charge in [0.15, 0.2) is 0 Å². The summed E-state index contributed by atoms with van der Waals surface area (Å²) in [7, 11) is 0. The number of nitrogen functional groups attached to an aromatic ring is 1. The van der Waals surface area contributed by atoms with Crippen LogP contribution in [0.2, 0.25) is 0 Å². The van der Waals surface area contributed by atoms with Crippen molar-refractivity contribution in [3.63, 3.8) is 0 Å². The maximum Gasteiger partial charge on any atom is 0.326 e. The highest BCUT2D eigenvalue weighted by Crippen LogP contribution is 2.30. The summed E-state index contributed by atoms with van der Waals surface area (Å²) in [4.78, 5) is 35.7. The van der Waals surface area contributed by atoms with Crippen LogP contribution in [0, 0.1) is 0 Å². The fourth-order valence-corrected chi connectivity index (χ4v) is 3.56. The molecule has 0 aliphatic heterocycles. The molecule has 26 heavy (non-hydrogen) atoms. The van der Waals surface area contributed by atoms with E-state index in [2.05, 4.69) is 20.3 Å². The first-order valence-corrected chi connectivity index (χ1v) is 8.72. The SMILES string of the molecule is Nc1ccnc(CNC(=O)c2ccc3c(c2)[nH]c(=O)n3C2CCCC2)n1. The van der Waals surface area contributed by atoms with E-state index in [1.165, 1.54) is 0 Å². The van der Waals surface area contributed by atoms with E-state index in [0.29, 0.717) is 22.7 Å². The number of nitrogens with zero attached hydrogens (tertiary/aromatic N) is 3. The molecule has 134 valence electrons. The predicted molar refractivity (Wildman–Crippen MR) is 97.7 cm³/mol. The van der Waals surface area contributed by atoms with Crippen molar-refractivity contribution < 1.29 is 4.79 Å². The first-order chi connectivity index (χ1) is 12.6. The normalized spacial score (nSPS) is 14.8. The second-order valence-corrected chi connectivity index (χ2v) is 6.55. The van der Waals surface area contributed by atoms with Gasteiger partial charge in [0.25, 0.3) is 5.91 Å². The number of carbonyl (C=O) groups excluding carboxylic acids is 1. The number of nitrogens with one attached hydrogen (secondary N) is 2. The Morgan fingerprint density at radius 1 is 1.31 bits per heavy atom. The minimum Gasteiger partial charge on any atom is -0.384 e. The number of aromatic nitrogens is 4. The van der Waals surface area contributed by atoms with Crippen LogP contribution in [0.1, 0.15) is 47.9 Å². The molecule has 1 aliphatic carbocycles. The summed E-state index contributed by atoms with van der Waals surface area (Å²) in [5, 5.41) is 2.77. The summed E-state index contributed by atoms with van der Waals surface area (Å²) in [5.41, 5.74) is 7.49. The number of benzene rings is 1. The number of hydrogen-bond donors (Lipinski definition) is 3. The maximum absolute atomic E-state index is 12.4. The van der Waals surface area contributed by atoms with Crippen molar-refractivity contribution in [2.45, 2.75) is 38.3 Å². The van der Waals surface area contributed by atoms with Crippen LogP contribution in [0.3, 0.4) is 0 Å². The van der Waals surface area contributed by atoms with Gasteiger partial charge in [-0.3, -0.25) is 9.36 Å². The zero-order valence-electron chi connectivity index (χ0n) is 14.2. The number of imidazole rings is 1. The number of carbonyl (C=O) groups is 1. The summed E-state index contributed by atoms with van der Waals surface area (Å²) in [6.07, 6.45) is 5.89. The molecule has 4 rings (SSSR count). The Balaban J connectivity index is 1.55. The van der Waals surface area contributed by atoms with E-state index >= 15 is 0 Å². The van der Waals surface area contributed by atoms with Gasteiger partial charge < -0.3 is 16.0 Å². The van der Waals surface area contributed by atoms with Crippen LogP contribution in [0.15, 0.2) is 35.3 Å². The van der Waals surface area contributed by atoms with Crippen LogP contribution in [0.5, 0.6) is 0 Å². The summed E-state index contributed by atoms with van der Waals surface area (Å²) in [6, 6.07) is 7.10. The molecule has 1 fully saturated rings. The van der Waals surface area contributed by atoms with E-state index in [1.807, 2.05) is 10.6 Å². The third-order valence-corrected chi connectivity index (χ3v) is 4.80. The summed E-state index contributed by atoms with van der Waals surface area (Å²) < 4.78 is 1.82. The molecule has 0 unspecified atom stereocenters. The van der Waals surface area contributed by atoms with Gasteiger partial charge in [0.05, 0.1) is 17.6 Å². The monoisotopic (exact) mass is 352 g/mol. The van der Waals surface area contributed by atoms with Crippen LogP contribution in [0.4, 0.5) is 5.82 Å². The first kappa shape index (κ1) is 16.3. The molecule has 1 aromatic carbocycles. The van der Waals surface area contributed by atoms with Gasteiger partial charge in [-0.1, -0.05) is 12.8 Å². The van der Waals surface area contributed by atoms with Gasteiger partial charge >= 0.3 is 5.69 Å². The lowest BCUT2D eigenvalue weighted by molar-refractivity contribution is 0.0950. The number of fused-ring (bicyclic) bond motifs is 1. The minimum atomic E-state index is -0.257. The molecule has 0 saturated heterocycles. The Morgan fingerprint density at radius 2 is 2.12 bits per heavy atom. The molecular weight excluding hydrogens is 332 g/mol. The predicted octanol–water partition coefficient (Wildman–Crippen LogP) is 1.75. The fourth-order valence-electron chi connectivity index (χ4n) is 3.56. The van der Waals surface area contributed by atoms with Gasteiger partial charge in [-0.25, -0.2) is 14.8 Å². The molecule has 8 nitrogen and oxygen atoms in total. The average Bonchev–Trinajstić information content (AvgIpc) is 3.25. The maximum atomic E-state index is 12.4. The van der Waals surface area contributed by atoms with Crippen LogP contribution in [0.25, 0.3) is 11.0 Å². The number of rotatable bonds is 4. The molecule has 8 heteroatoms. The van der Waals surface area contributed by atoms with E-state index in [9.17, 15) is 9.59 Å². The third kappa shape index (κ3) is 3.05. The van der Waals surface area contributed by atoms with Crippen molar-refractivity contribution in [3.05, 3.63) is 52.3 Å². The summed E-state index contributed by atoms with van der Waals surface area (Å²) >= 11 is 0. The Bertz CT molecular complexity index is 1020. The fraction of sp³-hybridized carbons (Fsp3) is 0.333. The molecule has 0 bridgehead atoms. The van der Waals surface area contributed by atoms with Crippen molar-refractivity contribution in [1.82, 2.24) is 24.8 Å². The van der Waals surface area contributed by atoms with Crippen molar-refractivity contribution in [2.75, 3.05) is 5.73 Å². The summed E-state index contributed by atoms with van der Waals surface area (Å²) in [5.74, 6) is 0.545. The van der Waals surface area contributed by atoms with Crippen LogP contribution < -0.4 is 16.7 Å². The highest BCUT2D eigenvalue weighted by Gasteiger charge is 2.21. The molecule has 4 N–H and O–H groups in total. The number of nitrogens with two attached hydrogens (primary N) is 1. The van der Waals surface area contributed by atoms with Crippen LogP contribution >= 0.6 is 0 Å². The summed E-state index contributed by atoms with van der Waals surface area (Å²) in [6.45, 7) is 0.182. The number of hydrogen-bond acceptors (Lipinski definition) is 5. The molecule has 2 aromatic heterocycles. The Morgan fingerprint density at radius 3 is 2.88 bits per heavy atom. The zero-order chi connectivity index (χ0) is 18.1. The minimum absolute atomic E-state index is 0.113. The van der Waals surface area contributed by atoms with Crippen molar-refractivity contribution in [1.29, 1.82) is 0 Å². The lowest BCUT2D eigenvalue weighted by Crippen LogP contribution is -2.24. The number of amides is 1. The largest absolute Gasteiger partial charge is 0.384 e. The molecule has 0 spiro atoms. The molecule has 2 heterocycles. The Hall–Kier alpha value is -3.16. The van der Waals surface area contributed by atoms with E-state index in [-0.39, 0.29) is 24.2 Å². The zero-order valence-corrected chi connectivity index (χ0v) is 14.2. The Labute approximate surface area is 149 Å². The quantitative estimate of drug-likeness (QED) is 0.661. The first-order valence-electron chi connectivity index (χ1n) is 8.72. The van der Waals surface area contributed by atoms with Crippen LogP contribution in [-0.4, -0.2) is 25.4 Å². The second-order valence-electron chi connectivity index (χ2n) is 6.55. The van der Waals surface area contributed by atoms with Gasteiger partial charge in [-0.05, 0) is 37.1 Å². The number of anilines is 1. The van der Waals surface area contributed by atoms with E-state index in [4.69, 9.17) is 5.73 Å². The van der Waals surface area contributed by atoms with Gasteiger partial charge in [-0.2, -0.15) is 0 Å². The van der Waals surface area contributed by atoms with Crippen molar-refractivity contribution in [3.8, 4) is 0 Å². The molecule has 3 aromatic rings. The average molecular weight is 352 g/mol. The van der Waals surface area contributed by atoms with Crippen molar-refractivity contribution in [2.24, 2.45) is 0 Å². The number of H-pyrrole nitrogens is 1. The van der Waals surface area contributed by atoms with Gasteiger partial charge in [0.1, 0.15) is 11.6 Å². The Kier molecular flexibility index (Phi) is 4.16. The topological polar surface area (TPSA) is 119 Å². The molecular formula is C18H20N6O2. The van der Waals surface area contributed by atoms with E-state index < -0.39 is 0 Å². The third-order valence-electron chi connectivity index (χ3n) is 4.80. The molecule has 1 amide bonds. The van der Waals surface area contributed by atoms with Gasteiger partial charge in [-0.15, -0.1) is 0 Å². The highest BCUT2D eigenvalue weighted by molar-refractivity contribution is 5.97. The molecule has 1 saturated carbocycles. The molecule has 1 aliphatic rings. The molecule has 0 atom stereocenters. The van der Waals surface area contributed by atoms with Gasteiger partial charge in [0.2, 0.25) is 0 Å². The second kappa shape index (κ2) is 6.62. The van der Waals surface area contributed by atoms with Crippen molar-refractivity contribution >= 4 is 22.8 Å². The van der Waals surface area contributed by atoms with E-state index in [1.54, 1.807) is 24.4 Å². The smallest absolute Gasteiger partial charge is 0.326 e. The highest BCUT2D eigenvalue weighted by atomic mass is 16.2. The van der Waals surface area contributed by atoms with Gasteiger partial charge in [0, 0.05) is 17.8 Å². The lowest BCUT2D eigenvalue weighted by atomic mass is 10.1. The van der Waals surface area contributed by atoms with E-state index in [0.717, 1.165) is 31.2 Å². The standard InChI is InChI=1S/C18H20N6O2/c19-15-7-8-20-16(23-15)10-21-17(25)11-5-6-14-13(9-11)22-18(26)24(14)12-3-1-2-4-12/h5-9,12H,1-4,10H2,(H,21,25)(H,22,26)(H2,19,20,23).